The standard InChI is InChI=1S/C36H64NO8P/c1-3-5-7-9-11-13-15-17-19-21-23-25-27-29-36(39)45-34(33-44-46(40,41)43-31-30-37)32-42-35(38)28-26-24-22-20-18-16-14-12-10-8-6-4-2/h5,7,11,13,17,19,23,25,34H,3-4,6,8-10,12,14-16,18,20-22,24,26-33,37H2,1-2H3,(H,40,41)/b7-5-,13-11-,19-17-,25-23-. The van der Waals surface area contributed by atoms with E-state index in [1.165, 1.54) is 57.8 Å². The molecular weight excluding hydrogens is 605 g/mol. The molecule has 10 heteroatoms. The van der Waals surface area contributed by atoms with Gasteiger partial charge < -0.3 is 20.1 Å². The second kappa shape index (κ2) is 32.9. The number of carbonyl (C=O) groups is 2. The lowest BCUT2D eigenvalue weighted by Gasteiger charge is -2.19. The monoisotopic (exact) mass is 669 g/mol. The zero-order valence-electron chi connectivity index (χ0n) is 28.8. The van der Waals surface area contributed by atoms with Crippen LogP contribution in [-0.4, -0.2) is 49.3 Å². The summed E-state index contributed by atoms with van der Waals surface area (Å²) >= 11 is 0. The number of ether oxygens (including phenoxy) is 2. The number of rotatable bonds is 32. The van der Waals surface area contributed by atoms with Crippen molar-refractivity contribution in [3.8, 4) is 0 Å². The SMILES string of the molecule is CC/C=C\C/C=C\C/C=C\C/C=C\CCC(=O)OC(COC(=O)CCCCCCCCCCCCCC)COP(=O)(O)OCCN. The number of phosphoric ester groups is 1. The highest BCUT2D eigenvalue weighted by molar-refractivity contribution is 7.47. The zero-order valence-corrected chi connectivity index (χ0v) is 29.7. The van der Waals surface area contributed by atoms with Gasteiger partial charge in [0, 0.05) is 19.4 Å². The first-order valence-electron chi connectivity index (χ1n) is 17.6. The summed E-state index contributed by atoms with van der Waals surface area (Å²) in [5.41, 5.74) is 5.31. The van der Waals surface area contributed by atoms with Crippen molar-refractivity contribution in [3.63, 3.8) is 0 Å². The fourth-order valence-electron chi connectivity index (χ4n) is 4.41. The van der Waals surface area contributed by atoms with Gasteiger partial charge in [-0.3, -0.25) is 18.6 Å². The van der Waals surface area contributed by atoms with Gasteiger partial charge in [0.05, 0.1) is 13.2 Å². The van der Waals surface area contributed by atoms with Gasteiger partial charge in [-0.25, -0.2) is 4.57 Å². The van der Waals surface area contributed by atoms with Crippen molar-refractivity contribution in [2.24, 2.45) is 5.73 Å². The number of allylic oxidation sites excluding steroid dienone is 8. The number of hydrogen-bond acceptors (Lipinski definition) is 8. The summed E-state index contributed by atoms with van der Waals surface area (Å²) in [5, 5.41) is 0. The number of esters is 2. The molecule has 0 rings (SSSR count). The van der Waals surface area contributed by atoms with Gasteiger partial charge in [-0.15, -0.1) is 0 Å². The molecule has 0 fully saturated rings. The van der Waals surface area contributed by atoms with Gasteiger partial charge >= 0.3 is 19.8 Å². The summed E-state index contributed by atoms with van der Waals surface area (Å²) in [6, 6.07) is 0. The van der Waals surface area contributed by atoms with Crippen molar-refractivity contribution < 1.29 is 37.6 Å². The average Bonchev–Trinajstić information content (AvgIpc) is 3.04. The molecule has 266 valence electrons. The summed E-state index contributed by atoms with van der Waals surface area (Å²) in [4.78, 5) is 34.5. The molecule has 0 aliphatic carbocycles. The lowest BCUT2D eigenvalue weighted by Crippen LogP contribution is -2.29. The molecule has 0 aromatic carbocycles. The summed E-state index contributed by atoms with van der Waals surface area (Å²) in [5.74, 6) is -0.928. The Kier molecular flexibility index (Phi) is 31.4. The average molecular weight is 670 g/mol. The number of hydrogen-bond donors (Lipinski definition) is 2. The van der Waals surface area contributed by atoms with Crippen molar-refractivity contribution >= 4 is 19.8 Å². The predicted molar refractivity (Wildman–Crippen MR) is 187 cm³/mol. The minimum atomic E-state index is -4.38. The Labute approximate surface area is 279 Å². The van der Waals surface area contributed by atoms with Crippen LogP contribution < -0.4 is 5.73 Å². The van der Waals surface area contributed by atoms with E-state index < -0.39 is 32.5 Å². The molecule has 2 atom stereocenters. The quantitative estimate of drug-likeness (QED) is 0.0311. The van der Waals surface area contributed by atoms with Crippen LogP contribution in [0.5, 0.6) is 0 Å². The van der Waals surface area contributed by atoms with Crippen LogP contribution in [0.4, 0.5) is 0 Å². The predicted octanol–water partition coefficient (Wildman–Crippen LogP) is 9.21. The van der Waals surface area contributed by atoms with E-state index in [0.29, 0.717) is 6.42 Å². The first-order valence-corrected chi connectivity index (χ1v) is 19.1. The maximum absolute atomic E-state index is 12.4. The highest BCUT2D eigenvalue weighted by atomic mass is 31.2. The van der Waals surface area contributed by atoms with Crippen LogP contribution in [0.3, 0.4) is 0 Å². The largest absolute Gasteiger partial charge is 0.472 e. The van der Waals surface area contributed by atoms with Crippen LogP contribution in [0.1, 0.15) is 136 Å². The van der Waals surface area contributed by atoms with Crippen molar-refractivity contribution in [2.75, 3.05) is 26.4 Å². The Morgan fingerprint density at radius 1 is 0.674 bits per heavy atom. The van der Waals surface area contributed by atoms with Crippen LogP contribution in [-0.2, 0) is 32.7 Å². The van der Waals surface area contributed by atoms with Gasteiger partial charge in [-0.2, -0.15) is 0 Å². The van der Waals surface area contributed by atoms with Crippen LogP contribution >= 0.6 is 7.82 Å². The third kappa shape index (κ3) is 31.9. The lowest BCUT2D eigenvalue weighted by molar-refractivity contribution is -0.161. The third-order valence-corrected chi connectivity index (χ3v) is 7.98. The van der Waals surface area contributed by atoms with Crippen LogP contribution in [0, 0.1) is 0 Å². The van der Waals surface area contributed by atoms with E-state index >= 15 is 0 Å². The molecule has 0 radical (unpaired) electrons. The highest BCUT2D eigenvalue weighted by Gasteiger charge is 2.25. The van der Waals surface area contributed by atoms with E-state index in [1.54, 1.807) is 0 Å². The normalized spacial score (nSPS) is 14.1. The van der Waals surface area contributed by atoms with Crippen molar-refractivity contribution in [1.29, 1.82) is 0 Å². The molecule has 46 heavy (non-hydrogen) atoms. The van der Waals surface area contributed by atoms with Crippen molar-refractivity contribution in [1.82, 2.24) is 0 Å². The van der Waals surface area contributed by atoms with Crippen LogP contribution in [0.25, 0.3) is 0 Å². The molecule has 0 bridgehead atoms. The third-order valence-electron chi connectivity index (χ3n) is 6.99. The van der Waals surface area contributed by atoms with E-state index in [2.05, 4.69) is 50.3 Å². The molecule has 0 aliphatic heterocycles. The molecule has 9 nitrogen and oxygen atoms in total. The van der Waals surface area contributed by atoms with E-state index in [4.69, 9.17) is 24.3 Å². The van der Waals surface area contributed by atoms with Crippen LogP contribution in [0.15, 0.2) is 48.6 Å². The number of unbranched alkanes of at least 4 members (excludes halogenated alkanes) is 11. The van der Waals surface area contributed by atoms with Gasteiger partial charge in [-0.05, 0) is 38.5 Å². The Morgan fingerprint density at radius 3 is 1.74 bits per heavy atom. The van der Waals surface area contributed by atoms with Gasteiger partial charge in [-0.1, -0.05) is 133 Å². The van der Waals surface area contributed by atoms with Gasteiger partial charge in [0.1, 0.15) is 6.61 Å². The number of carbonyl (C=O) groups excluding carboxylic acids is 2. The van der Waals surface area contributed by atoms with Gasteiger partial charge in [0.2, 0.25) is 0 Å². The van der Waals surface area contributed by atoms with Crippen LogP contribution in [0.2, 0.25) is 0 Å². The number of phosphoric acid groups is 1. The fraction of sp³-hybridized carbons (Fsp3) is 0.722. The summed E-state index contributed by atoms with van der Waals surface area (Å²) in [6.07, 6.45) is 34.5. The molecule has 0 saturated heterocycles. The smallest absolute Gasteiger partial charge is 0.462 e. The van der Waals surface area contributed by atoms with Crippen molar-refractivity contribution in [2.45, 2.75) is 142 Å². The molecule has 0 saturated carbocycles. The molecule has 0 heterocycles. The second-order valence-corrected chi connectivity index (χ2v) is 12.8. The molecule has 2 unspecified atom stereocenters. The zero-order chi connectivity index (χ0) is 34.0. The molecule has 0 aromatic rings. The molecule has 3 N–H and O–H groups in total. The van der Waals surface area contributed by atoms with Gasteiger partial charge in [0.15, 0.2) is 6.10 Å². The summed E-state index contributed by atoms with van der Waals surface area (Å²) in [6.45, 7) is 3.50. The van der Waals surface area contributed by atoms with Gasteiger partial charge in [0.25, 0.3) is 0 Å². The Hall–Kier alpha value is -2.03. The maximum Gasteiger partial charge on any atom is 0.472 e. The number of nitrogens with two attached hydrogens (primary N) is 1. The first-order chi connectivity index (χ1) is 22.3. The molecular formula is C36H64NO8P. The molecule has 0 aliphatic rings. The summed E-state index contributed by atoms with van der Waals surface area (Å²) in [7, 11) is -4.38. The van der Waals surface area contributed by atoms with E-state index in [-0.39, 0.29) is 32.6 Å². The lowest BCUT2D eigenvalue weighted by atomic mass is 10.0. The van der Waals surface area contributed by atoms with E-state index in [9.17, 15) is 19.0 Å². The molecule has 0 amide bonds. The minimum absolute atomic E-state index is 0.0420. The second-order valence-electron chi connectivity index (χ2n) is 11.4. The molecule has 0 aromatic heterocycles. The summed E-state index contributed by atoms with van der Waals surface area (Å²) < 4.78 is 32.5. The maximum atomic E-state index is 12.4. The van der Waals surface area contributed by atoms with E-state index in [0.717, 1.165) is 44.9 Å². The Morgan fingerprint density at radius 2 is 1.20 bits per heavy atom. The Bertz CT molecular complexity index is 902. The minimum Gasteiger partial charge on any atom is -0.462 e. The van der Waals surface area contributed by atoms with E-state index in [1.807, 2.05) is 12.2 Å². The molecule has 0 spiro atoms. The fourth-order valence-corrected chi connectivity index (χ4v) is 5.18. The topological polar surface area (TPSA) is 134 Å². The highest BCUT2D eigenvalue weighted by Crippen LogP contribution is 2.43. The Balaban J connectivity index is 4.39. The first kappa shape index (κ1) is 44.0. The van der Waals surface area contributed by atoms with Crippen molar-refractivity contribution in [3.05, 3.63) is 48.6 Å².